The van der Waals surface area contributed by atoms with Crippen LogP contribution < -0.4 is 0 Å². The van der Waals surface area contributed by atoms with E-state index in [0.717, 1.165) is 24.9 Å². The smallest absolute Gasteiger partial charge is 0.154 e. The maximum atomic E-state index is 8.88. The molecular formula is C6H10O2. The highest BCUT2D eigenvalue weighted by Crippen LogP contribution is 2.45. The van der Waals surface area contributed by atoms with E-state index in [-0.39, 0.29) is 0 Å². The van der Waals surface area contributed by atoms with Crippen LogP contribution in [0.25, 0.3) is 0 Å². The quantitative estimate of drug-likeness (QED) is 0.492. The minimum Gasteiger partial charge on any atom is -0.368 e. The fourth-order valence-electron chi connectivity index (χ4n) is 1.36. The van der Waals surface area contributed by atoms with E-state index < -0.39 is 6.29 Å². The van der Waals surface area contributed by atoms with Crippen molar-refractivity contribution < 1.29 is 9.84 Å². The van der Waals surface area contributed by atoms with E-state index in [0.29, 0.717) is 0 Å². The fourth-order valence-corrected chi connectivity index (χ4v) is 1.36. The summed E-state index contributed by atoms with van der Waals surface area (Å²) < 4.78 is 4.99. The number of hydrogen-bond acceptors (Lipinski definition) is 2. The van der Waals surface area contributed by atoms with Crippen molar-refractivity contribution >= 4 is 0 Å². The Morgan fingerprint density at radius 2 is 2.12 bits per heavy atom. The zero-order valence-corrected chi connectivity index (χ0v) is 4.71. The van der Waals surface area contributed by atoms with Crippen molar-refractivity contribution in [3.63, 3.8) is 0 Å². The average molecular weight is 114 g/mol. The predicted octanol–water partition coefficient (Wildman–Crippen LogP) is 0.361. The van der Waals surface area contributed by atoms with E-state index in [1.165, 1.54) is 6.42 Å². The third kappa shape index (κ3) is 0.644. The average Bonchev–Trinajstić information content (AvgIpc) is 2.43. The van der Waals surface area contributed by atoms with Crippen molar-refractivity contribution in [1.29, 1.82) is 0 Å². The van der Waals surface area contributed by atoms with E-state index in [9.17, 15) is 0 Å². The molecule has 1 saturated carbocycles. The van der Waals surface area contributed by atoms with Gasteiger partial charge in [0.25, 0.3) is 0 Å². The topological polar surface area (TPSA) is 29.5 Å². The van der Waals surface area contributed by atoms with Crippen LogP contribution >= 0.6 is 0 Å². The van der Waals surface area contributed by atoms with Gasteiger partial charge in [-0.1, -0.05) is 0 Å². The van der Waals surface area contributed by atoms with Crippen LogP contribution in [0.1, 0.15) is 12.8 Å². The molecule has 3 unspecified atom stereocenters. The summed E-state index contributed by atoms with van der Waals surface area (Å²) in [6.07, 6.45) is 1.72. The molecule has 3 atom stereocenters. The van der Waals surface area contributed by atoms with E-state index in [2.05, 4.69) is 0 Å². The second-order valence-electron chi connectivity index (χ2n) is 2.78. The van der Waals surface area contributed by atoms with Gasteiger partial charge in [0.15, 0.2) is 6.29 Å². The Bertz CT molecular complexity index is 103. The first-order chi connectivity index (χ1) is 3.86. The highest BCUT2D eigenvalue weighted by Gasteiger charge is 2.42. The molecule has 1 aliphatic heterocycles. The second-order valence-corrected chi connectivity index (χ2v) is 2.78. The molecule has 0 amide bonds. The first-order valence-corrected chi connectivity index (χ1v) is 3.16. The lowest BCUT2D eigenvalue weighted by atomic mass is 10.2. The Morgan fingerprint density at radius 3 is 2.75 bits per heavy atom. The number of rotatable bonds is 0. The van der Waals surface area contributed by atoms with Crippen LogP contribution in [0.4, 0.5) is 0 Å². The Kier molecular flexibility index (Phi) is 0.866. The van der Waals surface area contributed by atoms with Gasteiger partial charge in [-0.25, -0.2) is 0 Å². The van der Waals surface area contributed by atoms with Crippen molar-refractivity contribution in [3.8, 4) is 0 Å². The van der Waals surface area contributed by atoms with Crippen LogP contribution in [0, 0.1) is 11.8 Å². The SMILES string of the molecule is OC1CC2CC2CO1. The van der Waals surface area contributed by atoms with Crippen molar-refractivity contribution in [1.82, 2.24) is 0 Å². The van der Waals surface area contributed by atoms with Gasteiger partial charge < -0.3 is 9.84 Å². The molecule has 2 nitrogen and oxygen atoms in total. The predicted molar refractivity (Wildman–Crippen MR) is 28.2 cm³/mol. The first kappa shape index (κ1) is 4.77. The van der Waals surface area contributed by atoms with Gasteiger partial charge >= 0.3 is 0 Å². The maximum Gasteiger partial charge on any atom is 0.154 e. The summed E-state index contributed by atoms with van der Waals surface area (Å²) in [7, 11) is 0. The monoisotopic (exact) mass is 114 g/mol. The van der Waals surface area contributed by atoms with Crippen molar-refractivity contribution in [2.45, 2.75) is 19.1 Å². The summed E-state index contributed by atoms with van der Waals surface area (Å²) in [6, 6.07) is 0. The number of aliphatic hydroxyl groups excluding tert-OH is 1. The molecule has 0 aromatic rings. The normalized spacial score (nSPS) is 52.9. The molecule has 1 N–H and O–H groups in total. The number of hydrogen-bond donors (Lipinski definition) is 1. The van der Waals surface area contributed by atoms with Gasteiger partial charge in [0.2, 0.25) is 0 Å². The van der Waals surface area contributed by atoms with Crippen molar-refractivity contribution in [2.75, 3.05) is 6.61 Å². The van der Waals surface area contributed by atoms with Gasteiger partial charge in [-0.3, -0.25) is 0 Å². The summed E-state index contributed by atoms with van der Waals surface area (Å²) in [5, 5.41) is 8.88. The van der Waals surface area contributed by atoms with Crippen LogP contribution in [-0.2, 0) is 4.74 Å². The number of fused-ring (bicyclic) bond motifs is 1. The lowest BCUT2D eigenvalue weighted by molar-refractivity contribution is -0.126. The highest BCUT2D eigenvalue weighted by atomic mass is 16.6. The molecule has 0 bridgehead atoms. The van der Waals surface area contributed by atoms with Gasteiger partial charge in [0.05, 0.1) is 6.61 Å². The third-order valence-electron chi connectivity index (χ3n) is 2.08. The van der Waals surface area contributed by atoms with Crippen LogP contribution in [0.15, 0.2) is 0 Å². The Morgan fingerprint density at radius 1 is 1.25 bits per heavy atom. The molecular weight excluding hydrogens is 104 g/mol. The molecule has 2 aliphatic rings. The molecule has 0 spiro atoms. The van der Waals surface area contributed by atoms with Crippen LogP contribution in [0.5, 0.6) is 0 Å². The van der Waals surface area contributed by atoms with Gasteiger partial charge in [0, 0.05) is 6.42 Å². The fraction of sp³-hybridized carbons (Fsp3) is 1.00. The van der Waals surface area contributed by atoms with Gasteiger partial charge in [-0.2, -0.15) is 0 Å². The number of aliphatic hydroxyl groups is 1. The largest absolute Gasteiger partial charge is 0.368 e. The lowest BCUT2D eigenvalue weighted by Gasteiger charge is -2.15. The summed E-state index contributed by atoms with van der Waals surface area (Å²) in [5.41, 5.74) is 0. The van der Waals surface area contributed by atoms with E-state index in [1.807, 2.05) is 0 Å². The van der Waals surface area contributed by atoms with Crippen molar-refractivity contribution in [3.05, 3.63) is 0 Å². The summed E-state index contributed by atoms with van der Waals surface area (Å²) in [4.78, 5) is 0. The maximum absolute atomic E-state index is 8.88. The molecule has 2 fully saturated rings. The Balaban J connectivity index is 1.93. The summed E-state index contributed by atoms with van der Waals surface area (Å²) in [6.45, 7) is 0.797. The molecule has 0 radical (unpaired) electrons. The summed E-state index contributed by atoms with van der Waals surface area (Å²) >= 11 is 0. The molecule has 1 aliphatic carbocycles. The van der Waals surface area contributed by atoms with Gasteiger partial charge in [-0.15, -0.1) is 0 Å². The van der Waals surface area contributed by atoms with Crippen LogP contribution in [0.2, 0.25) is 0 Å². The molecule has 2 heteroatoms. The lowest BCUT2D eigenvalue weighted by Crippen LogP contribution is -2.19. The molecule has 1 heterocycles. The van der Waals surface area contributed by atoms with E-state index in [1.54, 1.807) is 0 Å². The molecule has 0 aromatic heterocycles. The standard InChI is InChI=1S/C6H10O2/c7-6-2-4-1-5(4)3-8-6/h4-7H,1-3H2. The number of ether oxygens (including phenoxy) is 1. The van der Waals surface area contributed by atoms with E-state index >= 15 is 0 Å². The first-order valence-electron chi connectivity index (χ1n) is 3.16. The van der Waals surface area contributed by atoms with Crippen LogP contribution in [0.3, 0.4) is 0 Å². The summed E-state index contributed by atoms with van der Waals surface area (Å²) in [5.74, 6) is 1.61. The minimum atomic E-state index is -0.446. The van der Waals surface area contributed by atoms with Gasteiger partial charge in [-0.05, 0) is 18.3 Å². The zero-order valence-electron chi connectivity index (χ0n) is 4.71. The minimum absolute atomic E-state index is 0.446. The van der Waals surface area contributed by atoms with Crippen molar-refractivity contribution in [2.24, 2.45) is 11.8 Å². The highest BCUT2D eigenvalue weighted by molar-refractivity contribution is 4.89. The van der Waals surface area contributed by atoms with Crippen LogP contribution in [-0.4, -0.2) is 18.0 Å². The molecule has 1 saturated heterocycles. The Hall–Kier alpha value is -0.0800. The Labute approximate surface area is 48.5 Å². The van der Waals surface area contributed by atoms with Gasteiger partial charge in [0.1, 0.15) is 0 Å². The third-order valence-corrected chi connectivity index (χ3v) is 2.08. The second kappa shape index (κ2) is 1.45. The molecule has 0 aromatic carbocycles. The van der Waals surface area contributed by atoms with E-state index in [4.69, 9.17) is 9.84 Å². The molecule has 46 valence electrons. The zero-order chi connectivity index (χ0) is 5.56. The molecule has 2 rings (SSSR count). The molecule has 8 heavy (non-hydrogen) atoms.